The van der Waals surface area contributed by atoms with Gasteiger partial charge in [0, 0.05) is 54.6 Å². The van der Waals surface area contributed by atoms with Crippen LogP contribution in [0, 0.1) is 5.41 Å². The molecule has 1 unspecified atom stereocenters. The third-order valence-electron chi connectivity index (χ3n) is 6.00. The van der Waals surface area contributed by atoms with Crippen LogP contribution in [-0.2, 0) is 0 Å². The summed E-state index contributed by atoms with van der Waals surface area (Å²) in [6.07, 6.45) is 6.49. The first kappa shape index (κ1) is 23.5. The number of fused-ring (bicyclic) bond motifs is 1. The molecule has 0 amide bonds. The Hall–Kier alpha value is -3.28. The molecule has 3 aromatic rings. The molecule has 0 saturated carbocycles. The maximum absolute atomic E-state index is 7.80. The average Bonchev–Trinajstić information content (AvgIpc) is 2.88. The summed E-state index contributed by atoms with van der Waals surface area (Å²) in [5.74, 6) is 4.86. The average molecular weight is 494 g/mol. The van der Waals surface area contributed by atoms with Crippen molar-refractivity contribution in [1.29, 1.82) is 5.41 Å². The molecule has 3 aromatic heterocycles. The van der Waals surface area contributed by atoms with Gasteiger partial charge in [0.25, 0.3) is 5.88 Å². The van der Waals surface area contributed by atoms with Crippen LogP contribution in [0.5, 0.6) is 11.6 Å². The molecule has 35 heavy (non-hydrogen) atoms. The number of rotatable bonds is 10. The van der Waals surface area contributed by atoms with Gasteiger partial charge >= 0.3 is 0 Å². The van der Waals surface area contributed by atoms with Gasteiger partial charge in [0.15, 0.2) is 5.75 Å². The van der Waals surface area contributed by atoms with Crippen LogP contribution in [-0.4, -0.2) is 70.1 Å². The zero-order chi connectivity index (χ0) is 24.0. The molecular weight excluding hydrogens is 464 g/mol. The molecule has 5 rings (SSSR count). The van der Waals surface area contributed by atoms with Crippen molar-refractivity contribution in [2.75, 3.05) is 43.2 Å². The number of nitrogens with zero attached hydrogens (tertiary/aromatic N) is 4. The van der Waals surface area contributed by atoms with Crippen molar-refractivity contribution in [2.24, 2.45) is 0 Å². The van der Waals surface area contributed by atoms with Crippen LogP contribution in [0.3, 0.4) is 0 Å². The highest BCUT2D eigenvalue weighted by atomic mass is 32.2. The largest absolute Gasteiger partial charge is 0.484 e. The molecular formula is C24H29N8O2S+. The Morgan fingerprint density at radius 1 is 1.23 bits per heavy atom. The van der Waals surface area contributed by atoms with E-state index < -0.39 is 0 Å². The lowest BCUT2D eigenvalue weighted by atomic mass is 10.0. The highest BCUT2D eigenvalue weighted by molar-refractivity contribution is 7.99. The summed E-state index contributed by atoms with van der Waals surface area (Å²) in [7, 11) is 0. The Labute approximate surface area is 208 Å². The van der Waals surface area contributed by atoms with Crippen LogP contribution < -0.4 is 25.4 Å². The summed E-state index contributed by atoms with van der Waals surface area (Å²) < 4.78 is 11.4. The smallest absolute Gasteiger partial charge is 0.257 e. The van der Waals surface area contributed by atoms with E-state index in [0.717, 1.165) is 58.6 Å². The number of anilines is 1. The molecule has 182 valence electrons. The summed E-state index contributed by atoms with van der Waals surface area (Å²) >= 11 is 1.78. The first-order chi connectivity index (χ1) is 17.2. The zero-order valence-electron chi connectivity index (χ0n) is 19.5. The minimum absolute atomic E-state index is 0.290. The molecule has 0 aromatic carbocycles. The molecule has 1 fully saturated rings. The van der Waals surface area contributed by atoms with Crippen LogP contribution in [0.25, 0.3) is 11.3 Å². The van der Waals surface area contributed by atoms with Crippen molar-refractivity contribution in [3.8, 4) is 22.9 Å². The van der Waals surface area contributed by atoms with E-state index in [1.807, 2.05) is 24.4 Å². The van der Waals surface area contributed by atoms with Gasteiger partial charge in [-0.2, -0.15) is 0 Å². The van der Waals surface area contributed by atoms with Crippen LogP contribution in [0.15, 0.2) is 36.9 Å². The van der Waals surface area contributed by atoms with Gasteiger partial charge in [-0.25, -0.2) is 19.9 Å². The van der Waals surface area contributed by atoms with Crippen molar-refractivity contribution >= 4 is 29.6 Å². The van der Waals surface area contributed by atoms with E-state index in [-0.39, 0.29) is 5.92 Å². The number of quaternary nitrogens is 1. The van der Waals surface area contributed by atoms with Crippen molar-refractivity contribution in [3.05, 3.63) is 48.0 Å². The first-order valence-electron chi connectivity index (χ1n) is 11.7. The topological polar surface area (TPSA) is 135 Å². The van der Waals surface area contributed by atoms with Gasteiger partial charge in [-0.15, -0.1) is 11.8 Å². The summed E-state index contributed by atoms with van der Waals surface area (Å²) in [5, 5.41) is 16.6. The lowest BCUT2D eigenvalue weighted by Crippen LogP contribution is -2.92. The van der Waals surface area contributed by atoms with Crippen LogP contribution >= 0.6 is 11.8 Å². The third kappa shape index (κ3) is 5.53. The van der Waals surface area contributed by atoms with E-state index >= 15 is 0 Å². The van der Waals surface area contributed by atoms with Crippen molar-refractivity contribution in [3.63, 3.8) is 0 Å². The molecule has 2 aliphatic heterocycles. The minimum atomic E-state index is 0.290. The molecule has 5 heterocycles. The predicted octanol–water partition coefficient (Wildman–Crippen LogP) is 1.78. The fourth-order valence-electron chi connectivity index (χ4n) is 3.96. The number of hydrogen-bond acceptors (Lipinski definition) is 10. The number of aromatic nitrogens is 4. The minimum Gasteiger partial charge on any atom is -0.484 e. The molecule has 5 N–H and O–H groups in total. The molecule has 0 aliphatic carbocycles. The van der Waals surface area contributed by atoms with Gasteiger partial charge in [-0.05, 0) is 18.1 Å². The van der Waals surface area contributed by atoms with Gasteiger partial charge in [0.2, 0.25) is 5.82 Å². The number of pyridine rings is 2. The van der Waals surface area contributed by atoms with E-state index in [2.05, 4.69) is 42.8 Å². The highest BCUT2D eigenvalue weighted by Crippen LogP contribution is 2.36. The Balaban J connectivity index is 1.18. The number of ether oxygens (including phenoxy) is 2. The summed E-state index contributed by atoms with van der Waals surface area (Å²) in [6.45, 7) is 5.20. The number of nitrogens with one attached hydrogen (secondary N) is 3. The van der Waals surface area contributed by atoms with E-state index in [1.165, 1.54) is 6.21 Å². The Bertz CT molecular complexity index is 1190. The molecule has 10 nitrogen and oxygen atoms in total. The van der Waals surface area contributed by atoms with Crippen molar-refractivity contribution in [1.82, 2.24) is 25.3 Å². The van der Waals surface area contributed by atoms with Crippen molar-refractivity contribution < 1.29 is 14.8 Å². The Kier molecular flexibility index (Phi) is 7.36. The Morgan fingerprint density at radius 2 is 2.11 bits per heavy atom. The maximum Gasteiger partial charge on any atom is 0.257 e. The van der Waals surface area contributed by atoms with Gasteiger partial charge in [-0.3, -0.25) is 5.32 Å². The first-order valence-corrected chi connectivity index (χ1v) is 12.8. The fraction of sp³-hybridized carbons (Fsp3) is 0.375. The highest BCUT2D eigenvalue weighted by Gasteiger charge is 2.23. The van der Waals surface area contributed by atoms with E-state index in [4.69, 9.17) is 14.9 Å². The molecule has 0 bridgehead atoms. The number of hydrogen-bond donors (Lipinski definition) is 4. The fourth-order valence-corrected chi connectivity index (χ4v) is 4.86. The summed E-state index contributed by atoms with van der Waals surface area (Å²) in [5.41, 5.74) is 3.55. The van der Waals surface area contributed by atoms with Crippen LogP contribution in [0.4, 0.5) is 11.6 Å². The second kappa shape index (κ2) is 11.0. The SMILES string of the molecule is CC(CSCNc1cc(-c2cnc([NH2+]C3CNC3)c(C=N)c2)ncn1)c1ccnc2c1OCCO2. The molecule has 11 heteroatoms. The lowest BCUT2D eigenvalue weighted by Gasteiger charge is -2.24. The summed E-state index contributed by atoms with van der Waals surface area (Å²) in [4.78, 5) is 17.6. The second-order valence-electron chi connectivity index (χ2n) is 8.54. The maximum atomic E-state index is 7.80. The quantitative estimate of drug-likeness (QED) is 0.189. The van der Waals surface area contributed by atoms with Crippen LogP contribution in [0.2, 0.25) is 0 Å². The van der Waals surface area contributed by atoms with Gasteiger partial charge in [-0.1, -0.05) is 6.92 Å². The summed E-state index contributed by atoms with van der Waals surface area (Å²) in [6, 6.07) is 6.36. The van der Waals surface area contributed by atoms with E-state index in [0.29, 0.717) is 31.0 Å². The molecule has 0 spiro atoms. The van der Waals surface area contributed by atoms with Gasteiger partial charge in [0.1, 0.15) is 31.4 Å². The van der Waals surface area contributed by atoms with Gasteiger partial charge < -0.3 is 25.5 Å². The second-order valence-corrected chi connectivity index (χ2v) is 9.57. The zero-order valence-corrected chi connectivity index (χ0v) is 20.3. The van der Waals surface area contributed by atoms with Gasteiger partial charge in [0.05, 0.1) is 17.1 Å². The molecule has 1 saturated heterocycles. The van der Waals surface area contributed by atoms with E-state index in [1.54, 1.807) is 24.3 Å². The molecule has 2 aliphatic rings. The standard InChI is InChI=1S/C24H28N8O2S/c1-15(19-2-3-27-24-22(19)33-4-5-34-24)12-35-14-31-21-7-20(29-13-30-21)17-6-16(8-25)23(28-9-17)32-18-10-26-11-18/h2-3,6-9,13,15,18,25-26H,4-5,10-12,14H2,1H3,(H,28,32)(H,29,30,31)/p+1. The van der Waals surface area contributed by atoms with E-state index in [9.17, 15) is 0 Å². The van der Waals surface area contributed by atoms with Crippen LogP contribution in [0.1, 0.15) is 24.0 Å². The monoisotopic (exact) mass is 493 g/mol. The van der Waals surface area contributed by atoms with Crippen molar-refractivity contribution in [2.45, 2.75) is 18.9 Å². The number of nitrogens with two attached hydrogens (primary N) is 1. The normalized spacial score (nSPS) is 15.8. The molecule has 0 radical (unpaired) electrons. The predicted molar refractivity (Wildman–Crippen MR) is 136 cm³/mol. The third-order valence-corrected chi connectivity index (χ3v) is 7.08. The Morgan fingerprint density at radius 3 is 2.94 bits per heavy atom. The number of thioether (sulfide) groups is 1. The molecule has 1 atom stereocenters. The lowest BCUT2D eigenvalue weighted by molar-refractivity contribution is -0.619.